The molecule has 0 atom stereocenters. The quantitative estimate of drug-likeness (QED) is 0.514. The van der Waals surface area contributed by atoms with E-state index in [0.717, 1.165) is 12.2 Å². The van der Waals surface area contributed by atoms with Crippen LogP contribution in [0.1, 0.15) is 11.1 Å². The van der Waals surface area contributed by atoms with Crippen molar-refractivity contribution in [1.29, 1.82) is 0 Å². The molecule has 0 amide bonds. The van der Waals surface area contributed by atoms with E-state index in [1.165, 1.54) is 48.6 Å². The highest BCUT2D eigenvalue weighted by atomic mass is 19.1. The zero-order valence-electron chi connectivity index (χ0n) is 14.6. The average Bonchev–Trinajstić information content (AvgIpc) is 2.67. The molecule has 0 aromatic heterocycles. The van der Waals surface area contributed by atoms with Gasteiger partial charge in [-0.3, -0.25) is 4.79 Å². The van der Waals surface area contributed by atoms with Crippen molar-refractivity contribution in [2.45, 2.75) is 0 Å². The molecule has 0 aliphatic carbocycles. The number of hydrogen-bond acceptors (Lipinski definition) is 5. The molecule has 0 radical (unpaired) electrons. The van der Waals surface area contributed by atoms with Crippen LogP contribution < -0.4 is 0 Å². The molecule has 2 rings (SSSR count). The fourth-order valence-corrected chi connectivity index (χ4v) is 1.99. The Kier molecular flexibility index (Phi) is 7.77. The van der Waals surface area contributed by atoms with Crippen LogP contribution in [0.5, 0.6) is 0 Å². The van der Waals surface area contributed by atoms with Gasteiger partial charge < -0.3 is 9.47 Å². The molecule has 0 N–H and O–H groups in total. The molecular formula is C21H16F2O5. The number of ketones is 1. The molecule has 0 aliphatic heterocycles. The molecule has 0 saturated carbocycles. The Hall–Kier alpha value is -3.61. The summed E-state index contributed by atoms with van der Waals surface area (Å²) in [5.41, 5.74) is 0.921. The number of Topliss-reactive ketones (excluding diaryl/α,β-unsaturated/α-hetero) is 1. The van der Waals surface area contributed by atoms with Crippen LogP contribution in [-0.4, -0.2) is 30.9 Å². The second-order valence-electron chi connectivity index (χ2n) is 5.53. The maximum absolute atomic E-state index is 13.0. The van der Waals surface area contributed by atoms with Gasteiger partial charge in [-0.15, -0.1) is 0 Å². The van der Waals surface area contributed by atoms with E-state index in [1.54, 1.807) is 12.1 Å². The Morgan fingerprint density at radius 3 is 1.57 bits per heavy atom. The first-order valence-electron chi connectivity index (χ1n) is 8.15. The maximum Gasteiger partial charge on any atom is 0.331 e. The lowest BCUT2D eigenvalue weighted by Crippen LogP contribution is -2.19. The van der Waals surface area contributed by atoms with E-state index in [1.807, 2.05) is 0 Å². The molecule has 0 saturated heterocycles. The molecule has 28 heavy (non-hydrogen) atoms. The molecule has 2 aromatic rings. The first-order valence-corrected chi connectivity index (χ1v) is 8.15. The van der Waals surface area contributed by atoms with Gasteiger partial charge in [0, 0.05) is 12.2 Å². The lowest BCUT2D eigenvalue weighted by molar-refractivity contribution is -0.148. The number of benzene rings is 2. The average molecular weight is 386 g/mol. The van der Waals surface area contributed by atoms with Gasteiger partial charge in [0.2, 0.25) is 5.78 Å². The summed E-state index contributed by atoms with van der Waals surface area (Å²) in [6.07, 6.45) is 4.78. The third-order valence-electron chi connectivity index (χ3n) is 3.27. The number of rotatable bonds is 8. The second-order valence-corrected chi connectivity index (χ2v) is 5.53. The van der Waals surface area contributed by atoms with Crippen LogP contribution in [-0.2, 0) is 23.9 Å². The fourth-order valence-electron chi connectivity index (χ4n) is 1.99. The lowest BCUT2D eigenvalue weighted by Gasteiger charge is -2.02. The third kappa shape index (κ3) is 7.74. The summed E-state index contributed by atoms with van der Waals surface area (Å²) in [4.78, 5) is 34.6. The summed E-state index contributed by atoms with van der Waals surface area (Å²) in [5.74, 6) is -3.11. The molecule has 0 heterocycles. The first kappa shape index (κ1) is 20.7. The van der Waals surface area contributed by atoms with Crippen LogP contribution in [0.25, 0.3) is 12.2 Å². The van der Waals surface area contributed by atoms with Crippen LogP contribution in [0, 0.1) is 11.6 Å². The van der Waals surface area contributed by atoms with E-state index in [2.05, 4.69) is 0 Å². The van der Waals surface area contributed by atoms with Crippen molar-refractivity contribution in [3.8, 4) is 0 Å². The molecule has 7 heteroatoms. The molecule has 144 valence electrons. The third-order valence-corrected chi connectivity index (χ3v) is 3.27. The van der Waals surface area contributed by atoms with Gasteiger partial charge in [0.25, 0.3) is 0 Å². The van der Waals surface area contributed by atoms with E-state index in [-0.39, 0.29) is 0 Å². The zero-order valence-corrected chi connectivity index (χ0v) is 14.6. The largest absolute Gasteiger partial charge is 0.454 e. The van der Waals surface area contributed by atoms with Crippen molar-refractivity contribution in [1.82, 2.24) is 0 Å². The second kappa shape index (κ2) is 10.5. The van der Waals surface area contributed by atoms with Crippen molar-refractivity contribution in [3.63, 3.8) is 0 Å². The molecule has 0 bridgehead atoms. The van der Waals surface area contributed by atoms with Crippen molar-refractivity contribution in [2.75, 3.05) is 13.2 Å². The van der Waals surface area contributed by atoms with Crippen LogP contribution in [0.3, 0.4) is 0 Å². The fraction of sp³-hybridized carbons (Fsp3) is 0.0952. The van der Waals surface area contributed by atoms with Gasteiger partial charge in [-0.2, -0.15) is 0 Å². The van der Waals surface area contributed by atoms with Gasteiger partial charge in [0.05, 0.1) is 0 Å². The number of halogens is 2. The minimum atomic E-state index is -0.796. The monoisotopic (exact) mass is 386 g/mol. The number of ether oxygens (including phenoxy) is 2. The summed E-state index contributed by atoms with van der Waals surface area (Å²) in [7, 11) is 0. The SMILES string of the molecule is O=C(COC(=O)C=Cc1cccc(F)c1)COC(=O)C=Cc1cccc(F)c1. The summed E-state index contributed by atoms with van der Waals surface area (Å²) in [6, 6.07) is 11.1. The normalized spacial score (nSPS) is 10.9. The molecule has 0 fully saturated rings. The minimum Gasteiger partial charge on any atom is -0.454 e. The molecule has 5 nitrogen and oxygen atoms in total. The van der Waals surface area contributed by atoms with E-state index in [0.29, 0.717) is 11.1 Å². The standard InChI is InChI=1S/C21H16F2O5/c22-17-5-1-3-15(11-17)7-9-20(25)27-13-19(24)14-28-21(26)10-8-16-4-2-6-18(23)12-16/h1-12H,13-14H2. The van der Waals surface area contributed by atoms with Crippen LogP contribution >= 0.6 is 0 Å². The van der Waals surface area contributed by atoms with Gasteiger partial charge in [0.1, 0.15) is 11.6 Å². The zero-order chi connectivity index (χ0) is 20.4. The van der Waals surface area contributed by atoms with E-state index in [4.69, 9.17) is 9.47 Å². The lowest BCUT2D eigenvalue weighted by atomic mass is 10.2. The van der Waals surface area contributed by atoms with E-state index in [9.17, 15) is 23.2 Å². The Morgan fingerprint density at radius 1 is 0.750 bits per heavy atom. The Morgan fingerprint density at radius 2 is 1.18 bits per heavy atom. The topological polar surface area (TPSA) is 69.7 Å². The Bertz CT molecular complexity index is 845. The van der Waals surface area contributed by atoms with E-state index < -0.39 is 42.6 Å². The summed E-state index contributed by atoms with van der Waals surface area (Å²) >= 11 is 0. The van der Waals surface area contributed by atoms with Crippen molar-refractivity contribution in [3.05, 3.63) is 83.4 Å². The van der Waals surface area contributed by atoms with Crippen LogP contribution in [0.2, 0.25) is 0 Å². The van der Waals surface area contributed by atoms with Crippen molar-refractivity contribution in [2.24, 2.45) is 0 Å². The molecule has 0 unspecified atom stereocenters. The maximum atomic E-state index is 13.0. The molecule has 0 spiro atoms. The summed E-state index contributed by atoms with van der Waals surface area (Å²) < 4.78 is 35.4. The number of carbonyl (C=O) groups is 3. The van der Waals surface area contributed by atoms with Crippen molar-refractivity contribution >= 4 is 29.9 Å². The highest BCUT2D eigenvalue weighted by Crippen LogP contribution is 2.06. The summed E-state index contributed by atoms with van der Waals surface area (Å²) in [6.45, 7) is -1.15. The molecule has 2 aromatic carbocycles. The van der Waals surface area contributed by atoms with Gasteiger partial charge in [0.15, 0.2) is 13.2 Å². The van der Waals surface area contributed by atoms with Gasteiger partial charge >= 0.3 is 11.9 Å². The number of hydrogen-bond donors (Lipinski definition) is 0. The van der Waals surface area contributed by atoms with Gasteiger partial charge in [-0.05, 0) is 47.5 Å². The van der Waals surface area contributed by atoms with Crippen LogP contribution in [0.15, 0.2) is 60.7 Å². The van der Waals surface area contributed by atoms with Gasteiger partial charge in [-0.1, -0.05) is 24.3 Å². The molecular weight excluding hydrogens is 370 g/mol. The molecule has 0 aliphatic rings. The van der Waals surface area contributed by atoms with Gasteiger partial charge in [-0.25, -0.2) is 18.4 Å². The van der Waals surface area contributed by atoms with Crippen LogP contribution in [0.4, 0.5) is 8.78 Å². The smallest absolute Gasteiger partial charge is 0.331 e. The predicted molar refractivity (Wildman–Crippen MR) is 97.8 cm³/mol. The minimum absolute atomic E-state index is 0.445. The highest BCUT2D eigenvalue weighted by molar-refractivity contribution is 5.92. The first-order chi connectivity index (χ1) is 13.4. The Labute approximate surface area is 159 Å². The number of esters is 2. The predicted octanol–water partition coefficient (Wildman–Crippen LogP) is 3.35. The summed E-state index contributed by atoms with van der Waals surface area (Å²) in [5, 5.41) is 0. The van der Waals surface area contributed by atoms with E-state index >= 15 is 0 Å². The van der Waals surface area contributed by atoms with Crippen molar-refractivity contribution < 1.29 is 32.6 Å². The highest BCUT2D eigenvalue weighted by Gasteiger charge is 2.08. The Balaban J connectivity index is 1.70. The number of carbonyl (C=O) groups excluding carboxylic acids is 3.